The molecule has 1 rings (SSSR count). The number of aryl methyl sites for hydroxylation is 1. The summed E-state index contributed by atoms with van der Waals surface area (Å²) in [6, 6.07) is 0. The Morgan fingerprint density at radius 2 is 1.68 bits per heavy atom. The van der Waals surface area contributed by atoms with Gasteiger partial charge in [-0.05, 0) is 12.8 Å². The minimum atomic E-state index is 0.216. The van der Waals surface area contributed by atoms with Gasteiger partial charge in [0.15, 0.2) is 0 Å². The SMILES string of the molecule is CCCCCCCCCC[n+]1ccn(CCO)c1C. The highest BCUT2D eigenvalue weighted by atomic mass is 16.3. The Morgan fingerprint density at radius 3 is 2.32 bits per heavy atom. The number of rotatable bonds is 11. The number of hydrogen-bond donors (Lipinski definition) is 1. The van der Waals surface area contributed by atoms with Gasteiger partial charge in [-0.25, -0.2) is 9.13 Å². The van der Waals surface area contributed by atoms with Crippen molar-refractivity contribution < 1.29 is 9.67 Å². The van der Waals surface area contributed by atoms with Crippen molar-refractivity contribution in [3.63, 3.8) is 0 Å². The number of nitrogens with zero attached hydrogens (tertiary/aromatic N) is 2. The monoisotopic (exact) mass is 267 g/mol. The normalized spacial score (nSPS) is 11.1. The first kappa shape index (κ1) is 16.2. The van der Waals surface area contributed by atoms with Crippen molar-refractivity contribution in [2.24, 2.45) is 0 Å². The Bertz CT molecular complexity index is 333. The topological polar surface area (TPSA) is 29.0 Å². The van der Waals surface area contributed by atoms with E-state index in [1.165, 1.54) is 57.2 Å². The van der Waals surface area contributed by atoms with E-state index < -0.39 is 0 Å². The Kier molecular flexibility index (Phi) is 8.55. The first-order chi connectivity index (χ1) is 9.29. The van der Waals surface area contributed by atoms with Crippen molar-refractivity contribution in [2.75, 3.05) is 6.61 Å². The molecule has 0 aliphatic rings. The summed E-state index contributed by atoms with van der Waals surface area (Å²) >= 11 is 0. The van der Waals surface area contributed by atoms with E-state index in [4.69, 9.17) is 5.11 Å². The van der Waals surface area contributed by atoms with E-state index in [1.807, 2.05) is 0 Å². The molecule has 0 bridgehead atoms. The Labute approximate surface area is 118 Å². The summed E-state index contributed by atoms with van der Waals surface area (Å²) < 4.78 is 4.41. The third-order valence-electron chi connectivity index (χ3n) is 3.85. The van der Waals surface area contributed by atoms with Crippen LogP contribution in [0.25, 0.3) is 0 Å². The molecule has 0 spiro atoms. The summed E-state index contributed by atoms with van der Waals surface area (Å²) in [5.41, 5.74) is 0. The van der Waals surface area contributed by atoms with E-state index in [-0.39, 0.29) is 6.61 Å². The highest BCUT2D eigenvalue weighted by Crippen LogP contribution is 2.08. The molecule has 3 heteroatoms. The van der Waals surface area contributed by atoms with E-state index in [2.05, 4.69) is 35.4 Å². The van der Waals surface area contributed by atoms with Crippen molar-refractivity contribution >= 4 is 0 Å². The number of unbranched alkanes of at least 4 members (excludes halogenated alkanes) is 7. The lowest BCUT2D eigenvalue weighted by Gasteiger charge is -2.02. The van der Waals surface area contributed by atoms with Crippen molar-refractivity contribution in [2.45, 2.75) is 78.3 Å². The van der Waals surface area contributed by atoms with E-state index in [1.54, 1.807) is 0 Å². The van der Waals surface area contributed by atoms with Crippen LogP contribution in [0.3, 0.4) is 0 Å². The van der Waals surface area contributed by atoms with Crippen LogP contribution in [0, 0.1) is 6.92 Å². The minimum Gasteiger partial charge on any atom is -0.392 e. The highest BCUT2D eigenvalue weighted by Gasteiger charge is 2.10. The van der Waals surface area contributed by atoms with Gasteiger partial charge in [0.2, 0.25) is 0 Å². The molecule has 0 saturated heterocycles. The molecule has 1 aromatic heterocycles. The molecule has 0 saturated carbocycles. The molecule has 0 aliphatic heterocycles. The van der Waals surface area contributed by atoms with Crippen LogP contribution in [-0.2, 0) is 13.1 Å². The van der Waals surface area contributed by atoms with Gasteiger partial charge in [-0.15, -0.1) is 0 Å². The third kappa shape index (κ3) is 6.24. The van der Waals surface area contributed by atoms with E-state index in [0.29, 0.717) is 6.54 Å². The summed E-state index contributed by atoms with van der Waals surface area (Å²) in [6.45, 7) is 6.42. The molecule has 0 fully saturated rings. The second kappa shape index (κ2) is 10.0. The zero-order chi connectivity index (χ0) is 13.9. The second-order valence-electron chi connectivity index (χ2n) is 5.43. The molecule has 0 unspecified atom stereocenters. The summed E-state index contributed by atoms with van der Waals surface area (Å²) in [6.07, 6.45) is 15.1. The highest BCUT2D eigenvalue weighted by molar-refractivity contribution is 4.79. The van der Waals surface area contributed by atoms with Gasteiger partial charge in [0.25, 0.3) is 5.82 Å². The number of aliphatic hydroxyl groups excluding tert-OH is 1. The number of hydrogen-bond acceptors (Lipinski definition) is 1. The zero-order valence-corrected chi connectivity index (χ0v) is 12.8. The minimum absolute atomic E-state index is 0.216. The Balaban J connectivity index is 2.09. The second-order valence-corrected chi connectivity index (χ2v) is 5.43. The van der Waals surface area contributed by atoms with Gasteiger partial charge in [-0.2, -0.15) is 0 Å². The fourth-order valence-electron chi connectivity index (χ4n) is 2.54. The molecule has 0 radical (unpaired) electrons. The van der Waals surface area contributed by atoms with Crippen LogP contribution in [0.4, 0.5) is 0 Å². The van der Waals surface area contributed by atoms with Crippen LogP contribution >= 0.6 is 0 Å². The molecule has 1 N–H and O–H groups in total. The van der Waals surface area contributed by atoms with Crippen LogP contribution in [0.5, 0.6) is 0 Å². The molecular formula is C16H31N2O+. The van der Waals surface area contributed by atoms with Crippen molar-refractivity contribution in [3.8, 4) is 0 Å². The molecule has 0 amide bonds. The van der Waals surface area contributed by atoms with Crippen LogP contribution in [0.15, 0.2) is 12.4 Å². The lowest BCUT2D eigenvalue weighted by atomic mass is 10.1. The summed E-state index contributed by atoms with van der Waals surface area (Å²) in [4.78, 5) is 0. The zero-order valence-electron chi connectivity index (χ0n) is 12.8. The first-order valence-corrected chi connectivity index (χ1v) is 7.95. The molecule has 110 valence electrons. The van der Waals surface area contributed by atoms with Crippen molar-refractivity contribution in [1.82, 2.24) is 4.57 Å². The van der Waals surface area contributed by atoms with Crippen LogP contribution in [0.2, 0.25) is 0 Å². The van der Waals surface area contributed by atoms with E-state index in [9.17, 15) is 0 Å². The quantitative estimate of drug-likeness (QED) is 0.484. The van der Waals surface area contributed by atoms with Gasteiger partial charge >= 0.3 is 0 Å². The molecule has 3 nitrogen and oxygen atoms in total. The Morgan fingerprint density at radius 1 is 1.05 bits per heavy atom. The maximum Gasteiger partial charge on any atom is 0.253 e. The van der Waals surface area contributed by atoms with Crippen molar-refractivity contribution in [3.05, 3.63) is 18.2 Å². The van der Waals surface area contributed by atoms with Crippen LogP contribution < -0.4 is 4.57 Å². The van der Waals surface area contributed by atoms with Gasteiger partial charge in [0.05, 0.1) is 13.2 Å². The predicted octanol–water partition coefficient (Wildman–Crippen LogP) is 3.22. The molecular weight excluding hydrogens is 236 g/mol. The lowest BCUT2D eigenvalue weighted by molar-refractivity contribution is -0.702. The number of aromatic nitrogens is 2. The Hall–Kier alpha value is -0.830. The average Bonchev–Trinajstić information content (AvgIpc) is 2.75. The van der Waals surface area contributed by atoms with Gasteiger partial charge in [0, 0.05) is 6.92 Å². The van der Waals surface area contributed by atoms with Crippen LogP contribution in [0.1, 0.15) is 64.1 Å². The molecule has 0 aromatic carbocycles. The maximum absolute atomic E-state index is 8.96. The summed E-state index contributed by atoms with van der Waals surface area (Å²) in [5, 5.41) is 8.96. The van der Waals surface area contributed by atoms with Gasteiger partial charge in [0.1, 0.15) is 18.9 Å². The molecule has 0 atom stereocenters. The fraction of sp³-hybridized carbons (Fsp3) is 0.812. The largest absolute Gasteiger partial charge is 0.392 e. The maximum atomic E-state index is 8.96. The number of aliphatic hydroxyl groups is 1. The van der Waals surface area contributed by atoms with Crippen LogP contribution in [-0.4, -0.2) is 16.3 Å². The predicted molar refractivity (Wildman–Crippen MR) is 79.1 cm³/mol. The average molecular weight is 267 g/mol. The lowest BCUT2D eigenvalue weighted by Crippen LogP contribution is -2.35. The molecule has 19 heavy (non-hydrogen) atoms. The first-order valence-electron chi connectivity index (χ1n) is 7.95. The van der Waals surface area contributed by atoms with Gasteiger partial charge in [-0.1, -0.05) is 45.4 Å². The fourth-order valence-corrected chi connectivity index (χ4v) is 2.54. The summed E-state index contributed by atoms with van der Waals surface area (Å²) in [5.74, 6) is 1.25. The van der Waals surface area contributed by atoms with E-state index >= 15 is 0 Å². The molecule has 1 heterocycles. The van der Waals surface area contributed by atoms with E-state index in [0.717, 1.165) is 6.54 Å². The standard InChI is InChI=1S/C16H31N2O/c1-3-4-5-6-7-8-9-10-11-17-12-13-18(14-15-19)16(17)2/h12-13,19H,3-11,14-15H2,1-2H3/q+1. The van der Waals surface area contributed by atoms with Gasteiger partial charge < -0.3 is 5.11 Å². The third-order valence-corrected chi connectivity index (χ3v) is 3.85. The smallest absolute Gasteiger partial charge is 0.253 e. The number of imidazole rings is 1. The van der Waals surface area contributed by atoms with Crippen molar-refractivity contribution in [1.29, 1.82) is 0 Å². The molecule has 1 aromatic rings. The molecule has 0 aliphatic carbocycles. The summed E-state index contributed by atoms with van der Waals surface area (Å²) in [7, 11) is 0. The van der Waals surface area contributed by atoms with Gasteiger partial charge in [-0.3, -0.25) is 0 Å².